The number of carbonyl (C=O) groups excluding carboxylic acids is 2. The first-order valence-electron chi connectivity index (χ1n) is 11.1. The normalized spacial score (nSPS) is 11.5. The number of esters is 1. The average Bonchev–Trinajstić information content (AvgIpc) is 2.87. The summed E-state index contributed by atoms with van der Waals surface area (Å²) in [6.45, 7) is 3.42. The first-order valence-corrected chi connectivity index (χ1v) is 11.1. The Hall–Kier alpha value is -4.26. The van der Waals surface area contributed by atoms with E-state index in [1.807, 2.05) is 44.2 Å². The predicted molar refractivity (Wildman–Crippen MR) is 135 cm³/mol. The number of methoxy groups -OCH3 is 2. The lowest BCUT2D eigenvalue weighted by atomic mass is 10.1. The van der Waals surface area contributed by atoms with Crippen LogP contribution in [0.1, 0.15) is 29.7 Å². The van der Waals surface area contributed by atoms with Crippen LogP contribution < -0.4 is 19.5 Å². The van der Waals surface area contributed by atoms with Crippen LogP contribution in [0.25, 0.3) is 6.08 Å². The highest BCUT2D eigenvalue weighted by Gasteiger charge is 2.26. The number of aryl methyl sites for hydroxylation is 1. The molecule has 0 saturated carbocycles. The maximum atomic E-state index is 13.2. The van der Waals surface area contributed by atoms with Crippen molar-refractivity contribution < 1.29 is 28.5 Å². The van der Waals surface area contributed by atoms with E-state index in [0.717, 1.165) is 11.1 Å². The Balaban J connectivity index is 1.75. The van der Waals surface area contributed by atoms with Gasteiger partial charge in [0.2, 0.25) is 6.10 Å². The SMILES string of the molecule is C/C=C/c1ccc(OCC(=O)OC(C(=O)Nc2cc(C)ccc2OC)c2ccccc2)c(OC)c1. The molecule has 1 amide bonds. The molecule has 0 spiro atoms. The van der Waals surface area contributed by atoms with Crippen LogP contribution in [0.3, 0.4) is 0 Å². The van der Waals surface area contributed by atoms with Crippen molar-refractivity contribution >= 4 is 23.6 Å². The molecule has 0 aliphatic carbocycles. The molecular weight excluding hydrogens is 446 g/mol. The summed E-state index contributed by atoms with van der Waals surface area (Å²) in [5, 5.41) is 2.81. The van der Waals surface area contributed by atoms with Crippen molar-refractivity contribution in [2.24, 2.45) is 0 Å². The zero-order chi connectivity index (χ0) is 25.2. The molecule has 0 bridgehead atoms. The second-order valence-electron chi connectivity index (χ2n) is 7.67. The topological polar surface area (TPSA) is 83.1 Å². The van der Waals surface area contributed by atoms with Crippen LogP contribution in [-0.2, 0) is 14.3 Å². The second kappa shape index (κ2) is 12.3. The Morgan fingerprint density at radius 2 is 1.63 bits per heavy atom. The third kappa shape index (κ3) is 6.86. The minimum atomic E-state index is -1.18. The van der Waals surface area contributed by atoms with Crippen molar-refractivity contribution in [2.75, 3.05) is 26.1 Å². The molecule has 1 N–H and O–H groups in total. The van der Waals surface area contributed by atoms with E-state index in [1.165, 1.54) is 14.2 Å². The Morgan fingerprint density at radius 3 is 2.31 bits per heavy atom. The highest BCUT2D eigenvalue weighted by Crippen LogP contribution is 2.30. The molecule has 1 unspecified atom stereocenters. The molecule has 0 aliphatic rings. The first kappa shape index (κ1) is 25.4. The predicted octanol–water partition coefficient (Wildman–Crippen LogP) is 5.35. The van der Waals surface area contributed by atoms with Crippen molar-refractivity contribution in [2.45, 2.75) is 20.0 Å². The van der Waals surface area contributed by atoms with Crippen LogP contribution in [0.15, 0.2) is 72.8 Å². The summed E-state index contributed by atoms with van der Waals surface area (Å²) in [7, 11) is 3.04. The minimum absolute atomic E-state index is 0.392. The molecule has 0 saturated heterocycles. The lowest BCUT2D eigenvalue weighted by Crippen LogP contribution is -2.28. The molecule has 3 aromatic rings. The van der Waals surface area contributed by atoms with Gasteiger partial charge in [-0.15, -0.1) is 0 Å². The largest absolute Gasteiger partial charge is 0.495 e. The number of carbonyl (C=O) groups is 2. The summed E-state index contributed by atoms with van der Waals surface area (Å²) in [4.78, 5) is 25.9. The van der Waals surface area contributed by atoms with Crippen LogP contribution in [0.4, 0.5) is 5.69 Å². The van der Waals surface area contributed by atoms with Gasteiger partial charge in [-0.25, -0.2) is 4.79 Å². The van der Waals surface area contributed by atoms with Crippen LogP contribution in [0, 0.1) is 6.92 Å². The van der Waals surface area contributed by atoms with Gasteiger partial charge in [-0.1, -0.05) is 54.6 Å². The molecule has 0 aromatic heterocycles. The fraction of sp³-hybridized carbons (Fsp3) is 0.214. The Labute approximate surface area is 205 Å². The van der Waals surface area contributed by atoms with Crippen molar-refractivity contribution in [3.63, 3.8) is 0 Å². The van der Waals surface area contributed by atoms with Crippen molar-refractivity contribution in [3.8, 4) is 17.2 Å². The molecule has 1 atom stereocenters. The molecule has 3 rings (SSSR count). The fourth-order valence-corrected chi connectivity index (χ4v) is 3.42. The van der Waals surface area contributed by atoms with Crippen molar-refractivity contribution in [3.05, 3.63) is 89.5 Å². The standard InChI is InChI=1S/C28H29NO6/c1-5-9-20-13-15-24(25(17-20)33-4)34-18-26(30)35-27(21-10-7-6-8-11-21)28(31)29-22-16-19(2)12-14-23(22)32-3/h5-17,27H,18H2,1-4H3,(H,29,31)/b9-5+. The molecule has 182 valence electrons. The highest BCUT2D eigenvalue weighted by molar-refractivity contribution is 5.97. The zero-order valence-electron chi connectivity index (χ0n) is 20.2. The Bertz CT molecular complexity index is 1190. The quantitative estimate of drug-likeness (QED) is 0.398. The number of benzene rings is 3. The molecule has 0 heterocycles. The van der Waals surface area contributed by atoms with Crippen LogP contribution >= 0.6 is 0 Å². The monoisotopic (exact) mass is 475 g/mol. The molecule has 35 heavy (non-hydrogen) atoms. The number of allylic oxidation sites excluding steroid dienone is 1. The van der Waals surface area contributed by atoms with E-state index in [4.69, 9.17) is 18.9 Å². The molecular formula is C28H29NO6. The maximum absolute atomic E-state index is 13.2. The fourth-order valence-electron chi connectivity index (χ4n) is 3.42. The number of hydrogen-bond acceptors (Lipinski definition) is 6. The lowest BCUT2D eigenvalue weighted by molar-refractivity contribution is -0.156. The van der Waals surface area contributed by atoms with E-state index in [1.54, 1.807) is 48.5 Å². The summed E-state index contributed by atoms with van der Waals surface area (Å²) in [6, 6.07) is 19.6. The average molecular weight is 476 g/mol. The number of rotatable bonds is 10. The molecule has 7 heteroatoms. The summed E-state index contributed by atoms with van der Waals surface area (Å²) in [5.74, 6) is 0.158. The van der Waals surface area contributed by atoms with Gasteiger partial charge in [0.05, 0.1) is 19.9 Å². The van der Waals surface area contributed by atoms with Gasteiger partial charge in [-0.05, 0) is 49.2 Å². The van der Waals surface area contributed by atoms with E-state index in [-0.39, 0.29) is 0 Å². The zero-order valence-corrected chi connectivity index (χ0v) is 20.2. The van der Waals surface area contributed by atoms with Crippen LogP contribution in [0.2, 0.25) is 0 Å². The Kier molecular flexibility index (Phi) is 8.89. The smallest absolute Gasteiger partial charge is 0.345 e. The van der Waals surface area contributed by atoms with E-state index in [0.29, 0.717) is 28.5 Å². The third-order valence-corrected chi connectivity index (χ3v) is 5.09. The molecule has 3 aromatic carbocycles. The van der Waals surface area contributed by atoms with Gasteiger partial charge in [-0.3, -0.25) is 4.79 Å². The van der Waals surface area contributed by atoms with Crippen LogP contribution in [-0.4, -0.2) is 32.7 Å². The molecule has 0 aliphatic heterocycles. The van der Waals surface area contributed by atoms with Gasteiger partial charge in [-0.2, -0.15) is 0 Å². The van der Waals surface area contributed by atoms with E-state index in [2.05, 4.69) is 5.32 Å². The number of hydrogen-bond donors (Lipinski definition) is 1. The van der Waals surface area contributed by atoms with E-state index >= 15 is 0 Å². The Morgan fingerprint density at radius 1 is 0.914 bits per heavy atom. The minimum Gasteiger partial charge on any atom is -0.495 e. The summed E-state index contributed by atoms with van der Waals surface area (Å²) in [6.07, 6.45) is 2.65. The number of anilines is 1. The van der Waals surface area contributed by atoms with Gasteiger partial charge in [0.15, 0.2) is 18.1 Å². The van der Waals surface area contributed by atoms with Gasteiger partial charge in [0.25, 0.3) is 5.91 Å². The number of amides is 1. The third-order valence-electron chi connectivity index (χ3n) is 5.09. The summed E-state index contributed by atoms with van der Waals surface area (Å²) in [5.41, 5.74) is 2.89. The van der Waals surface area contributed by atoms with Gasteiger partial charge < -0.3 is 24.3 Å². The molecule has 0 fully saturated rings. The van der Waals surface area contributed by atoms with Crippen molar-refractivity contribution in [1.29, 1.82) is 0 Å². The van der Waals surface area contributed by atoms with E-state index < -0.39 is 24.6 Å². The summed E-state index contributed by atoms with van der Waals surface area (Å²) >= 11 is 0. The van der Waals surface area contributed by atoms with E-state index in [9.17, 15) is 9.59 Å². The van der Waals surface area contributed by atoms with Gasteiger partial charge >= 0.3 is 5.97 Å². The molecule has 7 nitrogen and oxygen atoms in total. The van der Waals surface area contributed by atoms with Gasteiger partial charge in [0.1, 0.15) is 5.75 Å². The number of nitrogens with one attached hydrogen (secondary N) is 1. The maximum Gasteiger partial charge on any atom is 0.345 e. The lowest BCUT2D eigenvalue weighted by Gasteiger charge is -2.19. The second-order valence-corrected chi connectivity index (χ2v) is 7.67. The van der Waals surface area contributed by atoms with Crippen LogP contribution in [0.5, 0.6) is 17.2 Å². The highest BCUT2D eigenvalue weighted by atomic mass is 16.6. The first-order chi connectivity index (χ1) is 16.9. The van der Waals surface area contributed by atoms with Crippen molar-refractivity contribution in [1.82, 2.24) is 0 Å². The summed E-state index contributed by atoms with van der Waals surface area (Å²) < 4.78 is 21.9. The molecule has 0 radical (unpaired) electrons. The number of ether oxygens (including phenoxy) is 4. The van der Waals surface area contributed by atoms with Gasteiger partial charge in [0, 0.05) is 5.56 Å².